The molecule has 0 saturated carbocycles. The Bertz CT molecular complexity index is 2610. The van der Waals surface area contributed by atoms with Crippen molar-refractivity contribution in [3.05, 3.63) is 162 Å². The number of phenols is 2. The maximum atomic E-state index is 12.8. The average molecular weight is 1000 g/mol. The van der Waals surface area contributed by atoms with Gasteiger partial charge < -0.3 is 40.8 Å². The zero-order chi connectivity index (χ0) is 44.7. The smallest absolute Gasteiger partial charge is 0.271 e. The molecule has 0 spiro atoms. The molecule has 2 atom stereocenters. The van der Waals surface area contributed by atoms with Crippen molar-refractivity contribution in [2.24, 2.45) is 9.98 Å². The van der Waals surface area contributed by atoms with Crippen molar-refractivity contribution in [1.82, 2.24) is 19.6 Å². The van der Waals surface area contributed by atoms with Gasteiger partial charge in [-0.15, -0.1) is 0 Å². The molecule has 6 N–H and O–H groups in total. The van der Waals surface area contributed by atoms with Gasteiger partial charge in [0.15, 0.2) is 12.4 Å². The van der Waals surface area contributed by atoms with Gasteiger partial charge in [-0.3, -0.25) is 9.59 Å². The fourth-order valence-corrected chi connectivity index (χ4v) is 8.42. The lowest BCUT2D eigenvalue weighted by Crippen LogP contribution is -2.47. The monoisotopic (exact) mass is 1000 g/mol. The Kier molecular flexibility index (Phi) is 16.6. The molecule has 0 bridgehead atoms. The number of benzene rings is 4. The predicted molar refractivity (Wildman–Crippen MR) is 271 cm³/mol. The molecule has 14 nitrogen and oxygen atoms in total. The third-order valence-electron chi connectivity index (χ3n) is 11.8. The number of aromatic hydroxyl groups is 2. The molecule has 2 saturated heterocycles. The second-order valence-electron chi connectivity index (χ2n) is 16.3. The van der Waals surface area contributed by atoms with E-state index in [0.29, 0.717) is 5.46 Å². The first-order valence-corrected chi connectivity index (χ1v) is 22.4. The summed E-state index contributed by atoms with van der Waals surface area (Å²) >= 11 is 2.30. The van der Waals surface area contributed by atoms with Crippen LogP contribution in [0.2, 0.25) is 0 Å². The minimum atomic E-state index is -0.0503. The van der Waals surface area contributed by atoms with Crippen molar-refractivity contribution in [3.8, 4) is 11.5 Å². The molecule has 0 aromatic heterocycles. The molecule has 6 aliphatic heterocycles. The molecule has 4 aromatic carbocycles. The standard InChI is InChI=1S/C25H24N4O2.C19H20IN4O.C6H5BO.2H2O/c1-27-12-14-28(15-13-27)25(31)20-4-2-18(3-5-20)21-8-11-24-26-16-23(29(24)17-21)19-6-9-22(30)10-7-19;1-22-8-10-23(11-9-22)19(25)15-4-2-14(3-5-15)16-6-7-18-21-12-17(20)24(18)13-16;7-5-1-3-6(8)4-2-5;;/h2-11,16-17,24H,12-15H2,1H3;2-7,12-13,18H,8-11H2,1H3;1-4,8H;2*1H2/q;+1;;;/p+1. The third kappa shape index (κ3) is 11.7. The third-order valence-corrected chi connectivity index (χ3v) is 12.6. The van der Waals surface area contributed by atoms with E-state index in [1.165, 1.54) is 0 Å². The summed E-state index contributed by atoms with van der Waals surface area (Å²) in [5.41, 5.74) is 8.53. The number of aliphatic imine (C=N–C) groups is 2. The van der Waals surface area contributed by atoms with Crippen molar-refractivity contribution in [3.63, 3.8) is 0 Å². The van der Waals surface area contributed by atoms with E-state index in [1.54, 1.807) is 36.4 Å². The lowest BCUT2D eigenvalue weighted by atomic mass is 9.97. The molecule has 6 aliphatic rings. The van der Waals surface area contributed by atoms with Crippen LogP contribution in [0.4, 0.5) is 0 Å². The van der Waals surface area contributed by atoms with E-state index in [0.717, 1.165) is 101 Å². The van der Waals surface area contributed by atoms with Crippen LogP contribution in [0.1, 0.15) is 37.4 Å². The molecule has 16 heteroatoms. The highest BCUT2D eigenvalue weighted by atomic mass is 127. The van der Waals surface area contributed by atoms with Gasteiger partial charge >= 0.3 is 0 Å². The van der Waals surface area contributed by atoms with Gasteiger partial charge in [-0.05, 0) is 98.0 Å². The Balaban J connectivity index is 0.000000185. The number of phenolic OH excluding ortho intramolecular Hbond substituents is 2. The van der Waals surface area contributed by atoms with E-state index in [-0.39, 0.29) is 46.6 Å². The number of hydrogen-bond donors (Lipinski definition) is 2. The highest BCUT2D eigenvalue weighted by molar-refractivity contribution is 14.1. The largest absolute Gasteiger partial charge is 0.508 e. The lowest BCUT2D eigenvalue weighted by Gasteiger charge is -2.32. The molecule has 338 valence electrons. The van der Waals surface area contributed by atoms with Gasteiger partial charge in [0.05, 0.1) is 0 Å². The summed E-state index contributed by atoms with van der Waals surface area (Å²) < 4.78 is 5.40. The van der Waals surface area contributed by atoms with Gasteiger partial charge in [0, 0.05) is 115 Å². The van der Waals surface area contributed by atoms with E-state index >= 15 is 0 Å². The predicted octanol–water partition coefficient (Wildman–Crippen LogP) is 3.38. The van der Waals surface area contributed by atoms with E-state index in [4.69, 9.17) is 13.0 Å². The van der Waals surface area contributed by atoms with Gasteiger partial charge in [0.2, 0.25) is 5.71 Å². The van der Waals surface area contributed by atoms with Crippen LogP contribution >= 0.6 is 22.6 Å². The van der Waals surface area contributed by atoms with Crippen molar-refractivity contribution >= 4 is 80.7 Å². The number of nitrogens with zero attached hydrogens (tertiary/aromatic N) is 8. The van der Waals surface area contributed by atoms with Crippen LogP contribution in [0.3, 0.4) is 0 Å². The molecule has 2 fully saturated rings. The van der Waals surface area contributed by atoms with Gasteiger partial charge in [0.25, 0.3) is 27.9 Å². The zero-order valence-corrected chi connectivity index (χ0v) is 39.1. The molecule has 10 rings (SSSR count). The molecule has 6 heterocycles. The second-order valence-corrected chi connectivity index (χ2v) is 17.4. The molecule has 2 radical (unpaired) electrons. The molecule has 0 aliphatic carbocycles. The maximum Gasteiger partial charge on any atom is 0.271 e. The first-order chi connectivity index (χ1) is 31.0. The number of hydrogen-bond acceptors (Lipinski definition) is 8. The van der Waals surface area contributed by atoms with Crippen molar-refractivity contribution in [2.45, 2.75) is 12.3 Å². The normalized spacial score (nSPS) is 19.6. The summed E-state index contributed by atoms with van der Waals surface area (Å²) in [6, 6.07) is 29.3. The topological polar surface area (TPSA) is 181 Å². The Labute approximate surface area is 400 Å². The lowest BCUT2D eigenvalue weighted by molar-refractivity contribution is -0.479. The summed E-state index contributed by atoms with van der Waals surface area (Å²) in [4.78, 5) is 42.8. The van der Waals surface area contributed by atoms with Gasteiger partial charge in [-0.1, -0.05) is 41.9 Å². The SMILES string of the molecule is CN1CCN(C(=O)c2ccc(C3=C[N+]4=C(I)C=NC4C=C3)cc2)CC1.CN1CCN(C(=O)c2ccc(C3=C[N+]4=C(c5ccc(O)cc5)C=NC4C=C3)cc2)CC1.O.O.[B]c1ccc(O)cc1. The summed E-state index contributed by atoms with van der Waals surface area (Å²) in [6.07, 6.45) is 16.4. The molecule has 2 amide bonds. The van der Waals surface area contributed by atoms with Crippen LogP contribution in [0.15, 0.2) is 144 Å². The fraction of sp³-hybridized carbons (Fsp3) is 0.240. The minimum absolute atomic E-state index is 0. The van der Waals surface area contributed by atoms with Gasteiger partial charge in [-0.25, -0.2) is 9.98 Å². The van der Waals surface area contributed by atoms with Crippen LogP contribution < -0.4 is 5.46 Å². The van der Waals surface area contributed by atoms with Crippen LogP contribution in [0.5, 0.6) is 11.5 Å². The molecule has 2 unspecified atom stereocenters. The Morgan fingerprint density at radius 1 is 0.576 bits per heavy atom. The van der Waals surface area contributed by atoms with Crippen LogP contribution in [-0.2, 0) is 0 Å². The number of allylic oxidation sites excluding steroid dienone is 4. The van der Waals surface area contributed by atoms with Gasteiger partial charge in [-0.2, -0.15) is 9.15 Å². The van der Waals surface area contributed by atoms with Crippen molar-refractivity contribution < 1.29 is 39.9 Å². The Morgan fingerprint density at radius 3 is 1.42 bits per heavy atom. The maximum absolute atomic E-state index is 12.8. The summed E-state index contributed by atoms with van der Waals surface area (Å²) in [5, 5.41) is 18.3. The van der Waals surface area contributed by atoms with Crippen molar-refractivity contribution in [2.75, 3.05) is 66.5 Å². The molecular formula is C50H54BIN8O6+2. The van der Waals surface area contributed by atoms with E-state index in [1.807, 2.05) is 82.9 Å². The summed E-state index contributed by atoms with van der Waals surface area (Å²) in [6.45, 7) is 6.87. The first-order valence-electron chi connectivity index (χ1n) is 21.3. The van der Waals surface area contributed by atoms with Crippen LogP contribution in [-0.4, -0.2) is 170 Å². The quantitative estimate of drug-likeness (QED) is 0.176. The number of likely N-dealkylation sites (N-methyl/N-ethyl adjacent to an activating group) is 2. The summed E-state index contributed by atoms with van der Waals surface area (Å²) in [7, 11) is 9.50. The number of halogens is 1. The summed E-state index contributed by atoms with van der Waals surface area (Å²) in [5.74, 6) is 0.725. The fourth-order valence-electron chi connectivity index (χ4n) is 7.83. The van der Waals surface area contributed by atoms with E-state index in [2.05, 4.69) is 102 Å². The van der Waals surface area contributed by atoms with Crippen LogP contribution in [0.25, 0.3) is 11.1 Å². The second kappa shape index (κ2) is 22.3. The molecule has 4 aromatic rings. The van der Waals surface area contributed by atoms with Gasteiger partial charge in [0.1, 0.15) is 31.8 Å². The number of piperazine rings is 2. The number of rotatable bonds is 5. The number of amides is 2. The first kappa shape index (κ1) is 49.1. The number of carbonyl (C=O) groups excluding carboxylic acids is 2. The molecular weight excluding hydrogens is 946 g/mol. The zero-order valence-electron chi connectivity index (χ0n) is 36.9. The van der Waals surface area contributed by atoms with E-state index < -0.39 is 0 Å². The minimum Gasteiger partial charge on any atom is -0.508 e. The van der Waals surface area contributed by atoms with Crippen LogP contribution in [0, 0.1) is 0 Å². The Hall–Kier alpha value is -6.31. The molecule has 66 heavy (non-hydrogen) atoms. The Morgan fingerprint density at radius 2 is 0.970 bits per heavy atom. The number of fused-ring (bicyclic) bond motifs is 2. The highest BCUT2D eigenvalue weighted by Gasteiger charge is 2.31. The average Bonchev–Trinajstić information content (AvgIpc) is 3.93. The van der Waals surface area contributed by atoms with Crippen molar-refractivity contribution in [1.29, 1.82) is 0 Å². The van der Waals surface area contributed by atoms with E-state index in [9.17, 15) is 14.7 Å². The number of carbonyl (C=O) groups is 2. The highest BCUT2D eigenvalue weighted by Crippen LogP contribution is 2.26.